The van der Waals surface area contributed by atoms with Crippen molar-refractivity contribution in [3.63, 3.8) is 0 Å². The number of benzene rings is 2. The Morgan fingerprint density at radius 3 is 2.46 bits per heavy atom. The highest BCUT2D eigenvalue weighted by molar-refractivity contribution is 7.98. The lowest BCUT2D eigenvalue weighted by Crippen LogP contribution is -2.29. The minimum absolute atomic E-state index is 0.253. The standard InChI is InChI=1S/C19H16N2O2S/c1-3-11-4-6-12(7-5-11)21-18(22)13-8-9-15-14(17(13)19(21)23)10-16(20-15)24-2/h4-10,20H,3H2,1-2H3. The van der Waals surface area contributed by atoms with Crippen LogP contribution < -0.4 is 4.90 Å². The molecule has 1 aliphatic heterocycles. The average molecular weight is 336 g/mol. The smallest absolute Gasteiger partial charge is 0.266 e. The molecule has 0 aliphatic carbocycles. The SMILES string of the molecule is CCc1ccc(N2C(=O)c3ccc4[nH]c(SC)cc4c3C2=O)cc1. The molecule has 4 rings (SSSR count). The van der Waals surface area contributed by atoms with Crippen molar-refractivity contribution in [2.24, 2.45) is 0 Å². The first-order valence-electron chi connectivity index (χ1n) is 7.81. The summed E-state index contributed by atoms with van der Waals surface area (Å²) in [5.74, 6) is -0.510. The Kier molecular flexibility index (Phi) is 3.46. The van der Waals surface area contributed by atoms with Crippen LogP contribution in [-0.2, 0) is 6.42 Å². The van der Waals surface area contributed by atoms with Crippen LogP contribution in [0.3, 0.4) is 0 Å². The van der Waals surface area contributed by atoms with Gasteiger partial charge in [-0.25, -0.2) is 4.90 Å². The fraction of sp³-hybridized carbons (Fsp3) is 0.158. The van der Waals surface area contributed by atoms with E-state index in [4.69, 9.17) is 0 Å². The number of hydrogen-bond donors (Lipinski definition) is 1. The maximum atomic E-state index is 13.0. The summed E-state index contributed by atoms with van der Waals surface area (Å²) in [4.78, 5) is 30.3. The first-order chi connectivity index (χ1) is 11.6. The predicted molar refractivity (Wildman–Crippen MR) is 97.0 cm³/mol. The molecule has 1 aliphatic rings. The summed E-state index contributed by atoms with van der Waals surface area (Å²) in [6.07, 6.45) is 2.89. The zero-order valence-corrected chi connectivity index (χ0v) is 14.2. The average Bonchev–Trinajstić information content (AvgIpc) is 3.14. The number of fused-ring (bicyclic) bond motifs is 3. The first-order valence-corrected chi connectivity index (χ1v) is 9.04. The summed E-state index contributed by atoms with van der Waals surface area (Å²) in [5.41, 5.74) is 3.63. The molecule has 0 atom stereocenters. The van der Waals surface area contributed by atoms with Gasteiger partial charge in [0.15, 0.2) is 0 Å². The van der Waals surface area contributed by atoms with Gasteiger partial charge in [0.1, 0.15) is 0 Å². The molecular weight excluding hydrogens is 320 g/mol. The molecule has 2 amide bonds. The van der Waals surface area contributed by atoms with Gasteiger partial charge in [0.2, 0.25) is 0 Å². The Morgan fingerprint density at radius 1 is 1.04 bits per heavy atom. The summed E-state index contributed by atoms with van der Waals surface area (Å²) in [6.45, 7) is 2.07. The van der Waals surface area contributed by atoms with E-state index in [1.54, 1.807) is 17.8 Å². The van der Waals surface area contributed by atoms with Crippen molar-refractivity contribution in [1.82, 2.24) is 4.98 Å². The number of thioether (sulfide) groups is 1. The molecule has 0 spiro atoms. The predicted octanol–water partition coefficient (Wildman–Crippen LogP) is 4.25. The zero-order chi connectivity index (χ0) is 16.8. The number of aryl methyl sites for hydroxylation is 1. The van der Waals surface area contributed by atoms with Gasteiger partial charge >= 0.3 is 0 Å². The van der Waals surface area contributed by atoms with E-state index in [-0.39, 0.29) is 11.8 Å². The summed E-state index contributed by atoms with van der Waals surface area (Å²) < 4.78 is 0. The molecule has 24 heavy (non-hydrogen) atoms. The monoisotopic (exact) mass is 336 g/mol. The molecule has 0 fully saturated rings. The topological polar surface area (TPSA) is 53.2 Å². The van der Waals surface area contributed by atoms with Crippen molar-refractivity contribution in [1.29, 1.82) is 0 Å². The maximum absolute atomic E-state index is 13.0. The number of carbonyl (C=O) groups excluding carboxylic acids is 2. The van der Waals surface area contributed by atoms with Crippen molar-refractivity contribution >= 4 is 40.2 Å². The lowest BCUT2D eigenvalue weighted by Gasteiger charge is -2.14. The highest BCUT2D eigenvalue weighted by Crippen LogP contribution is 2.35. The largest absolute Gasteiger partial charge is 0.350 e. The highest BCUT2D eigenvalue weighted by Gasteiger charge is 2.38. The lowest BCUT2D eigenvalue weighted by atomic mass is 10.1. The number of hydrogen-bond acceptors (Lipinski definition) is 3. The lowest BCUT2D eigenvalue weighted by molar-refractivity contribution is 0.0926. The number of amides is 2. The molecule has 1 N–H and O–H groups in total. The first kappa shape index (κ1) is 15.0. The van der Waals surface area contributed by atoms with Crippen molar-refractivity contribution in [2.45, 2.75) is 18.4 Å². The van der Waals surface area contributed by atoms with Gasteiger partial charge in [-0.1, -0.05) is 19.1 Å². The van der Waals surface area contributed by atoms with Crippen molar-refractivity contribution in [2.75, 3.05) is 11.2 Å². The third-order valence-corrected chi connectivity index (χ3v) is 5.11. The number of imide groups is 1. The fourth-order valence-corrected chi connectivity index (χ4v) is 3.58. The molecule has 4 nitrogen and oxygen atoms in total. The van der Waals surface area contributed by atoms with Gasteiger partial charge in [0.05, 0.1) is 21.8 Å². The van der Waals surface area contributed by atoms with E-state index in [2.05, 4.69) is 11.9 Å². The number of nitrogens with zero attached hydrogens (tertiary/aromatic N) is 1. The van der Waals surface area contributed by atoms with Gasteiger partial charge in [0.25, 0.3) is 11.8 Å². The number of carbonyl (C=O) groups is 2. The number of aromatic amines is 1. The van der Waals surface area contributed by atoms with Crippen LogP contribution >= 0.6 is 11.8 Å². The number of H-pyrrole nitrogens is 1. The Bertz CT molecular complexity index is 973. The van der Waals surface area contributed by atoms with Gasteiger partial charge < -0.3 is 4.98 Å². The molecule has 120 valence electrons. The normalized spacial score (nSPS) is 13.8. The molecule has 0 saturated heterocycles. The molecule has 2 heterocycles. The van der Waals surface area contributed by atoms with Gasteiger partial charge in [-0.3, -0.25) is 9.59 Å². The van der Waals surface area contributed by atoms with Crippen LogP contribution in [0.25, 0.3) is 10.9 Å². The van der Waals surface area contributed by atoms with Crippen LogP contribution in [0.1, 0.15) is 33.2 Å². The highest BCUT2D eigenvalue weighted by atomic mass is 32.2. The number of anilines is 1. The molecule has 2 aromatic carbocycles. The van der Waals surface area contributed by atoms with Crippen LogP contribution in [0, 0.1) is 0 Å². The van der Waals surface area contributed by atoms with Crippen LogP contribution in [-0.4, -0.2) is 23.1 Å². The second-order valence-corrected chi connectivity index (χ2v) is 6.60. The summed E-state index contributed by atoms with van der Waals surface area (Å²) in [7, 11) is 0. The second kappa shape index (κ2) is 5.53. The quantitative estimate of drug-likeness (QED) is 0.574. The molecule has 1 aromatic heterocycles. The minimum Gasteiger partial charge on any atom is -0.350 e. The van der Waals surface area contributed by atoms with Gasteiger partial charge in [0, 0.05) is 10.9 Å². The number of nitrogens with one attached hydrogen (secondary N) is 1. The molecule has 0 radical (unpaired) electrons. The third-order valence-electron chi connectivity index (χ3n) is 4.45. The number of rotatable bonds is 3. The summed E-state index contributed by atoms with van der Waals surface area (Å²) in [5, 5.41) is 1.78. The van der Waals surface area contributed by atoms with Crippen molar-refractivity contribution in [3.8, 4) is 0 Å². The second-order valence-electron chi connectivity index (χ2n) is 5.75. The van der Waals surface area contributed by atoms with Crippen LogP contribution in [0.5, 0.6) is 0 Å². The minimum atomic E-state index is -0.256. The third kappa shape index (κ3) is 2.08. The Balaban J connectivity index is 1.85. The van der Waals surface area contributed by atoms with E-state index in [9.17, 15) is 9.59 Å². The van der Waals surface area contributed by atoms with Crippen LogP contribution in [0.4, 0.5) is 5.69 Å². The molecule has 3 aromatic rings. The maximum Gasteiger partial charge on any atom is 0.266 e. The zero-order valence-electron chi connectivity index (χ0n) is 13.4. The van der Waals surface area contributed by atoms with Crippen LogP contribution in [0.2, 0.25) is 0 Å². The summed E-state index contributed by atoms with van der Waals surface area (Å²) in [6, 6.07) is 13.1. The molecular formula is C19H16N2O2S. The van der Waals surface area contributed by atoms with E-state index >= 15 is 0 Å². The van der Waals surface area contributed by atoms with Crippen molar-refractivity contribution in [3.05, 3.63) is 59.2 Å². The Labute approximate surface area is 143 Å². The Hall–Kier alpha value is -2.53. The van der Waals surface area contributed by atoms with E-state index in [1.165, 1.54) is 10.5 Å². The van der Waals surface area contributed by atoms with E-state index < -0.39 is 0 Å². The number of aromatic nitrogens is 1. The molecule has 0 unspecified atom stereocenters. The molecule has 0 saturated carbocycles. The molecule has 0 bridgehead atoms. The van der Waals surface area contributed by atoms with Gasteiger partial charge in [-0.05, 0) is 48.6 Å². The van der Waals surface area contributed by atoms with Gasteiger partial charge in [-0.2, -0.15) is 0 Å². The van der Waals surface area contributed by atoms with Gasteiger partial charge in [-0.15, -0.1) is 11.8 Å². The summed E-state index contributed by atoms with van der Waals surface area (Å²) >= 11 is 1.58. The fourth-order valence-electron chi connectivity index (χ4n) is 3.14. The van der Waals surface area contributed by atoms with E-state index in [0.29, 0.717) is 16.8 Å². The van der Waals surface area contributed by atoms with Crippen LogP contribution in [0.15, 0.2) is 47.5 Å². The van der Waals surface area contributed by atoms with Crippen molar-refractivity contribution < 1.29 is 9.59 Å². The Morgan fingerprint density at radius 2 is 1.79 bits per heavy atom. The van der Waals surface area contributed by atoms with E-state index in [1.807, 2.05) is 42.7 Å². The van der Waals surface area contributed by atoms with E-state index in [0.717, 1.165) is 22.3 Å². The molecule has 5 heteroatoms.